The Balaban J connectivity index is 2.18. The second-order valence-corrected chi connectivity index (χ2v) is 4.23. The van der Waals surface area contributed by atoms with Crippen molar-refractivity contribution < 1.29 is 9.50 Å². The van der Waals surface area contributed by atoms with Gasteiger partial charge in [-0.15, -0.1) is 0 Å². The van der Waals surface area contributed by atoms with E-state index in [-0.39, 0.29) is 16.9 Å². The van der Waals surface area contributed by atoms with Gasteiger partial charge in [0, 0.05) is 0 Å². The van der Waals surface area contributed by atoms with Crippen molar-refractivity contribution in [3.63, 3.8) is 0 Å². The van der Waals surface area contributed by atoms with E-state index >= 15 is 0 Å². The molecular formula is C12H12ClFO. The van der Waals surface area contributed by atoms with Crippen LogP contribution < -0.4 is 0 Å². The van der Waals surface area contributed by atoms with E-state index in [9.17, 15) is 9.50 Å². The van der Waals surface area contributed by atoms with Gasteiger partial charge in [-0.25, -0.2) is 4.39 Å². The molecule has 0 bridgehead atoms. The fraction of sp³-hybridized carbons (Fsp3) is 0.333. The minimum atomic E-state index is -0.359. The molecule has 0 fully saturated rings. The van der Waals surface area contributed by atoms with Crippen LogP contribution in [0, 0.1) is 5.82 Å². The summed E-state index contributed by atoms with van der Waals surface area (Å²) in [7, 11) is 0. The summed E-state index contributed by atoms with van der Waals surface area (Å²) in [6, 6.07) is 5.01. The topological polar surface area (TPSA) is 20.2 Å². The zero-order valence-electron chi connectivity index (χ0n) is 8.21. The first-order valence-corrected chi connectivity index (χ1v) is 5.35. The first-order valence-electron chi connectivity index (χ1n) is 4.97. The number of hydrogen-bond donors (Lipinski definition) is 1. The van der Waals surface area contributed by atoms with Gasteiger partial charge in [-0.1, -0.05) is 35.4 Å². The van der Waals surface area contributed by atoms with Crippen molar-refractivity contribution in [2.45, 2.75) is 25.4 Å². The van der Waals surface area contributed by atoms with Crippen LogP contribution in [0.4, 0.5) is 4.39 Å². The summed E-state index contributed by atoms with van der Waals surface area (Å²) < 4.78 is 13.5. The smallest absolute Gasteiger partial charge is 0.145 e. The zero-order valence-corrected chi connectivity index (χ0v) is 8.97. The van der Waals surface area contributed by atoms with Crippen molar-refractivity contribution in [1.82, 2.24) is 0 Å². The van der Waals surface area contributed by atoms with Gasteiger partial charge in [0.2, 0.25) is 0 Å². The molecule has 0 aromatic heterocycles. The van der Waals surface area contributed by atoms with Crippen LogP contribution in [0.15, 0.2) is 29.8 Å². The third-order valence-corrected chi connectivity index (χ3v) is 2.93. The van der Waals surface area contributed by atoms with Crippen LogP contribution in [0.1, 0.15) is 18.4 Å². The number of halogens is 2. The summed E-state index contributed by atoms with van der Waals surface area (Å²) in [5.41, 5.74) is 1.69. The first-order chi connectivity index (χ1) is 7.16. The molecule has 0 heterocycles. The maximum absolute atomic E-state index is 13.5. The third-order valence-electron chi connectivity index (χ3n) is 2.64. The summed E-state index contributed by atoms with van der Waals surface area (Å²) in [4.78, 5) is 0. The van der Waals surface area contributed by atoms with Gasteiger partial charge in [-0.05, 0) is 30.9 Å². The van der Waals surface area contributed by atoms with E-state index < -0.39 is 0 Å². The molecule has 1 unspecified atom stereocenters. The van der Waals surface area contributed by atoms with Crippen LogP contribution in [0.2, 0.25) is 5.02 Å². The van der Waals surface area contributed by atoms with Crippen molar-refractivity contribution in [2.24, 2.45) is 0 Å². The Morgan fingerprint density at radius 2 is 2.27 bits per heavy atom. The van der Waals surface area contributed by atoms with Gasteiger partial charge >= 0.3 is 0 Å². The van der Waals surface area contributed by atoms with Gasteiger partial charge < -0.3 is 5.11 Å². The Morgan fingerprint density at radius 3 is 2.93 bits per heavy atom. The number of benzene rings is 1. The lowest BCUT2D eigenvalue weighted by Crippen LogP contribution is -1.94. The molecule has 80 valence electrons. The van der Waals surface area contributed by atoms with Crippen molar-refractivity contribution in [1.29, 1.82) is 0 Å². The maximum atomic E-state index is 13.5. The molecule has 1 aromatic carbocycles. The lowest BCUT2D eigenvalue weighted by atomic mass is 10.0. The van der Waals surface area contributed by atoms with Crippen molar-refractivity contribution in [2.75, 3.05) is 0 Å². The van der Waals surface area contributed by atoms with Gasteiger partial charge in [0.05, 0.1) is 11.1 Å². The van der Waals surface area contributed by atoms with Crippen LogP contribution in [-0.2, 0) is 6.42 Å². The zero-order chi connectivity index (χ0) is 10.8. The second kappa shape index (κ2) is 4.33. The molecule has 0 saturated carbocycles. The molecule has 1 aliphatic carbocycles. The van der Waals surface area contributed by atoms with E-state index in [2.05, 4.69) is 0 Å². The molecular weight excluding hydrogens is 215 g/mol. The van der Waals surface area contributed by atoms with E-state index in [4.69, 9.17) is 11.6 Å². The Hall–Kier alpha value is -0.860. The summed E-state index contributed by atoms with van der Waals surface area (Å²) in [5.74, 6) is -0.346. The van der Waals surface area contributed by atoms with Crippen LogP contribution >= 0.6 is 11.6 Å². The molecule has 1 N–H and O–H groups in total. The highest BCUT2D eigenvalue weighted by Crippen LogP contribution is 2.25. The van der Waals surface area contributed by atoms with Crippen molar-refractivity contribution >= 4 is 11.6 Å². The van der Waals surface area contributed by atoms with Crippen molar-refractivity contribution in [3.8, 4) is 0 Å². The Kier molecular flexibility index (Phi) is 3.08. The highest BCUT2D eigenvalue weighted by atomic mass is 35.5. The average molecular weight is 227 g/mol. The van der Waals surface area contributed by atoms with Gasteiger partial charge in [0.25, 0.3) is 0 Å². The molecule has 0 amide bonds. The molecule has 0 saturated heterocycles. The first kappa shape index (κ1) is 10.7. The molecule has 0 spiro atoms. The lowest BCUT2D eigenvalue weighted by molar-refractivity contribution is 0.223. The quantitative estimate of drug-likeness (QED) is 0.769. The SMILES string of the molecule is OC1C=C(Cc2cccc(Cl)c2F)CC1. The van der Waals surface area contributed by atoms with Crippen LogP contribution in [0.25, 0.3) is 0 Å². The molecule has 1 aromatic rings. The molecule has 1 atom stereocenters. The van der Waals surface area contributed by atoms with E-state index in [1.807, 2.05) is 0 Å². The van der Waals surface area contributed by atoms with Crippen molar-refractivity contribution in [3.05, 3.63) is 46.3 Å². The molecule has 1 aliphatic rings. The number of allylic oxidation sites excluding steroid dienone is 1. The Morgan fingerprint density at radius 1 is 1.47 bits per heavy atom. The minimum absolute atomic E-state index is 0.159. The predicted octanol–water partition coefficient (Wildman–Crippen LogP) is 3.10. The largest absolute Gasteiger partial charge is 0.389 e. The molecule has 0 aliphatic heterocycles. The third kappa shape index (κ3) is 2.39. The van der Waals surface area contributed by atoms with E-state index in [0.717, 1.165) is 18.4 Å². The van der Waals surface area contributed by atoms with E-state index in [0.29, 0.717) is 12.0 Å². The summed E-state index contributed by atoms with van der Waals surface area (Å²) >= 11 is 5.68. The van der Waals surface area contributed by atoms with Crippen LogP contribution in [-0.4, -0.2) is 11.2 Å². The molecule has 1 nitrogen and oxygen atoms in total. The molecule has 15 heavy (non-hydrogen) atoms. The lowest BCUT2D eigenvalue weighted by Gasteiger charge is -2.04. The standard InChI is InChI=1S/C12H12ClFO/c13-11-3-1-2-9(12(11)14)6-8-4-5-10(15)7-8/h1-3,7,10,15H,4-6H2. The summed E-state index contributed by atoms with van der Waals surface area (Å²) in [5, 5.41) is 9.46. The highest BCUT2D eigenvalue weighted by molar-refractivity contribution is 6.30. The number of aliphatic hydroxyl groups excluding tert-OH is 1. The fourth-order valence-electron chi connectivity index (χ4n) is 1.85. The average Bonchev–Trinajstić information content (AvgIpc) is 2.59. The Bertz CT molecular complexity index is 401. The molecule has 0 radical (unpaired) electrons. The van der Waals surface area contributed by atoms with Crippen LogP contribution in [0.3, 0.4) is 0 Å². The van der Waals surface area contributed by atoms with E-state index in [1.54, 1.807) is 18.2 Å². The summed E-state index contributed by atoms with van der Waals surface area (Å²) in [6.45, 7) is 0. The maximum Gasteiger partial charge on any atom is 0.145 e. The van der Waals surface area contributed by atoms with Gasteiger partial charge in [0.15, 0.2) is 0 Å². The summed E-state index contributed by atoms with van der Waals surface area (Å²) in [6.07, 6.45) is 3.58. The monoisotopic (exact) mass is 226 g/mol. The number of rotatable bonds is 2. The van der Waals surface area contributed by atoms with Gasteiger partial charge in [-0.2, -0.15) is 0 Å². The predicted molar refractivity (Wildman–Crippen MR) is 58.4 cm³/mol. The number of aliphatic hydroxyl groups is 1. The molecule has 2 rings (SSSR count). The van der Waals surface area contributed by atoms with Gasteiger partial charge in [-0.3, -0.25) is 0 Å². The Labute approximate surface area is 93.2 Å². The second-order valence-electron chi connectivity index (χ2n) is 3.82. The fourth-order valence-corrected chi connectivity index (χ4v) is 2.04. The van der Waals surface area contributed by atoms with Gasteiger partial charge in [0.1, 0.15) is 5.82 Å². The number of hydrogen-bond acceptors (Lipinski definition) is 1. The highest BCUT2D eigenvalue weighted by Gasteiger charge is 2.15. The normalized spacial score (nSPS) is 20.5. The van der Waals surface area contributed by atoms with E-state index in [1.165, 1.54) is 6.07 Å². The van der Waals surface area contributed by atoms with Crippen LogP contribution in [0.5, 0.6) is 0 Å². The molecule has 3 heteroatoms. The minimum Gasteiger partial charge on any atom is -0.389 e.